The van der Waals surface area contributed by atoms with Gasteiger partial charge in [0.05, 0.1) is 12.8 Å². The fraction of sp³-hybridized carbons (Fsp3) is 0.222. The van der Waals surface area contributed by atoms with Crippen LogP contribution in [0.15, 0.2) is 47.6 Å². The molecule has 142 valence electrons. The minimum atomic E-state index is -4.55. The summed E-state index contributed by atoms with van der Waals surface area (Å²) in [5, 5.41) is 6.04. The summed E-state index contributed by atoms with van der Waals surface area (Å²) in [6.07, 6.45) is -4.58. The Morgan fingerprint density at radius 2 is 2.04 bits per heavy atom. The Bertz CT molecular complexity index is 900. The SMILES string of the molecule is COc1ccc2c(c1)[C@H](NC(F)(F)F)C/C2=N\NC(=O)c1cccc(Cl)c1. The highest BCUT2D eigenvalue weighted by atomic mass is 35.5. The van der Waals surface area contributed by atoms with E-state index in [1.54, 1.807) is 35.6 Å². The molecule has 0 spiro atoms. The van der Waals surface area contributed by atoms with E-state index < -0.39 is 18.2 Å². The largest absolute Gasteiger partial charge is 0.497 e. The topological polar surface area (TPSA) is 62.7 Å². The van der Waals surface area contributed by atoms with Crippen LogP contribution in [0.5, 0.6) is 5.75 Å². The maximum Gasteiger partial charge on any atom is 0.457 e. The Labute approximate surface area is 158 Å². The van der Waals surface area contributed by atoms with Crippen molar-refractivity contribution in [2.24, 2.45) is 5.10 Å². The lowest BCUT2D eigenvalue weighted by atomic mass is 10.1. The van der Waals surface area contributed by atoms with Crippen molar-refractivity contribution in [2.45, 2.75) is 18.8 Å². The lowest BCUT2D eigenvalue weighted by Gasteiger charge is -2.16. The van der Waals surface area contributed by atoms with Crippen LogP contribution in [0.4, 0.5) is 13.2 Å². The molecule has 9 heteroatoms. The number of hydrazone groups is 1. The van der Waals surface area contributed by atoms with Gasteiger partial charge in [-0.1, -0.05) is 17.7 Å². The van der Waals surface area contributed by atoms with E-state index in [9.17, 15) is 18.0 Å². The van der Waals surface area contributed by atoms with Gasteiger partial charge in [-0.15, -0.1) is 0 Å². The van der Waals surface area contributed by atoms with Crippen molar-refractivity contribution in [2.75, 3.05) is 7.11 Å². The number of methoxy groups -OCH3 is 1. The van der Waals surface area contributed by atoms with E-state index >= 15 is 0 Å². The molecule has 1 atom stereocenters. The molecular formula is C18H15ClF3N3O2. The summed E-state index contributed by atoms with van der Waals surface area (Å²) in [7, 11) is 1.43. The molecule has 27 heavy (non-hydrogen) atoms. The number of halogens is 4. The van der Waals surface area contributed by atoms with Gasteiger partial charge in [-0.2, -0.15) is 18.3 Å². The molecule has 1 amide bonds. The number of rotatable bonds is 4. The number of carbonyl (C=O) groups is 1. The summed E-state index contributed by atoms with van der Waals surface area (Å²) in [6.45, 7) is 0. The average Bonchev–Trinajstić information content (AvgIpc) is 2.94. The molecule has 0 bridgehead atoms. The second-order valence-corrected chi connectivity index (χ2v) is 6.30. The summed E-state index contributed by atoms with van der Waals surface area (Å²) in [5.41, 5.74) is 3.93. The van der Waals surface area contributed by atoms with Gasteiger partial charge >= 0.3 is 6.30 Å². The fourth-order valence-corrected chi connectivity index (χ4v) is 3.07. The lowest BCUT2D eigenvalue weighted by molar-refractivity contribution is -0.164. The Kier molecular flexibility index (Phi) is 5.38. The van der Waals surface area contributed by atoms with Crippen molar-refractivity contribution in [3.8, 4) is 5.75 Å². The first-order valence-corrected chi connectivity index (χ1v) is 8.30. The molecule has 1 aliphatic rings. The van der Waals surface area contributed by atoms with E-state index in [2.05, 4.69) is 10.5 Å². The highest BCUT2D eigenvalue weighted by Crippen LogP contribution is 2.36. The zero-order valence-corrected chi connectivity index (χ0v) is 14.9. The molecule has 0 radical (unpaired) electrons. The lowest BCUT2D eigenvalue weighted by Crippen LogP contribution is -2.34. The van der Waals surface area contributed by atoms with Crippen molar-refractivity contribution in [1.82, 2.24) is 10.7 Å². The molecule has 0 unspecified atom stereocenters. The Morgan fingerprint density at radius 3 is 2.70 bits per heavy atom. The highest BCUT2D eigenvalue weighted by Gasteiger charge is 2.37. The Morgan fingerprint density at radius 1 is 1.26 bits per heavy atom. The van der Waals surface area contributed by atoms with Gasteiger partial charge < -0.3 is 4.74 Å². The average molecular weight is 398 g/mol. The molecule has 1 aliphatic carbocycles. The number of nitrogens with one attached hydrogen (secondary N) is 2. The predicted octanol–water partition coefficient (Wildman–Crippen LogP) is 4.04. The van der Waals surface area contributed by atoms with Crippen LogP contribution >= 0.6 is 11.6 Å². The van der Waals surface area contributed by atoms with Gasteiger partial charge in [0.1, 0.15) is 5.75 Å². The molecule has 0 saturated heterocycles. The second-order valence-electron chi connectivity index (χ2n) is 5.86. The maximum atomic E-state index is 12.8. The van der Waals surface area contributed by atoms with Gasteiger partial charge in [-0.25, -0.2) is 10.7 Å². The van der Waals surface area contributed by atoms with Gasteiger partial charge in [0.25, 0.3) is 5.91 Å². The smallest absolute Gasteiger partial charge is 0.457 e. The number of carbonyl (C=O) groups excluding carboxylic acids is 1. The highest BCUT2D eigenvalue weighted by molar-refractivity contribution is 6.31. The molecule has 0 aromatic heterocycles. The molecule has 0 saturated carbocycles. The van der Waals surface area contributed by atoms with Crippen LogP contribution in [0.25, 0.3) is 0 Å². The first kappa shape index (κ1) is 19.2. The van der Waals surface area contributed by atoms with Crippen LogP contribution in [0.3, 0.4) is 0 Å². The summed E-state index contributed by atoms with van der Waals surface area (Å²) < 4.78 is 43.5. The second kappa shape index (κ2) is 7.58. The summed E-state index contributed by atoms with van der Waals surface area (Å²) in [5.74, 6) is -0.0702. The van der Waals surface area contributed by atoms with Crippen molar-refractivity contribution < 1.29 is 22.7 Å². The van der Waals surface area contributed by atoms with Crippen LogP contribution < -0.4 is 15.5 Å². The number of nitrogens with zero attached hydrogens (tertiary/aromatic N) is 1. The molecular weight excluding hydrogens is 383 g/mol. The zero-order chi connectivity index (χ0) is 19.6. The van der Waals surface area contributed by atoms with E-state index in [1.807, 2.05) is 0 Å². The van der Waals surface area contributed by atoms with E-state index in [-0.39, 0.29) is 6.42 Å². The van der Waals surface area contributed by atoms with E-state index in [1.165, 1.54) is 19.2 Å². The molecule has 5 nitrogen and oxygen atoms in total. The summed E-state index contributed by atoms with van der Waals surface area (Å²) in [4.78, 5) is 12.2. The van der Waals surface area contributed by atoms with Gasteiger partial charge in [-0.3, -0.25) is 4.79 Å². The Balaban J connectivity index is 1.86. The third-order valence-corrected chi connectivity index (χ3v) is 4.29. The van der Waals surface area contributed by atoms with Gasteiger partial charge in [0.2, 0.25) is 0 Å². The zero-order valence-electron chi connectivity index (χ0n) is 14.1. The molecule has 3 rings (SSSR count). The number of alkyl halides is 3. The number of hydrogen-bond acceptors (Lipinski definition) is 4. The maximum absolute atomic E-state index is 12.8. The minimum absolute atomic E-state index is 0.0299. The summed E-state index contributed by atoms with van der Waals surface area (Å²) >= 11 is 5.85. The normalized spacial score (nSPS) is 17.7. The first-order valence-electron chi connectivity index (χ1n) is 7.92. The van der Waals surface area contributed by atoms with Crippen molar-refractivity contribution in [3.05, 3.63) is 64.2 Å². The van der Waals surface area contributed by atoms with E-state index in [0.29, 0.717) is 33.2 Å². The number of benzene rings is 2. The van der Waals surface area contributed by atoms with Gasteiger partial charge in [-0.05, 0) is 42.0 Å². The van der Waals surface area contributed by atoms with Crippen molar-refractivity contribution in [3.63, 3.8) is 0 Å². The van der Waals surface area contributed by atoms with Gasteiger partial charge in [0.15, 0.2) is 0 Å². The fourth-order valence-electron chi connectivity index (χ4n) is 2.88. The monoisotopic (exact) mass is 397 g/mol. The minimum Gasteiger partial charge on any atom is -0.497 e. The Hall–Kier alpha value is -2.58. The summed E-state index contributed by atoms with van der Waals surface area (Å²) in [6, 6.07) is 10.0. The van der Waals surface area contributed by atoms with Gasteiger partial charge in [0, 0.05) is 28.6 Å². The van der Waals surface area contributed by atoms with Crippen LogP contribution in [0.2, 0.25) is 5.02 Å². The van der Waals surface area contributed by atoms with Crippen LogP contribution in [-0.4, -0.2) is 25.0 Å². The number of amides is 1. The van der Waals surface area contributed by atoms with Crippen LogP contribution in [0.1, 0.15) is 33.9 Å². The van der Waals surface area contributed by atoms with E-state index in [4.69, 9.17) is 16.3 Å². The first-order chi connectivity index (χ1) is 12.8. The quantitative estimate of drug-likeness (QED) is 0.604. The van der Waals surface area contributed by atoms with Crippen molar-refractivity contribution in [1.29, 1.82) is 0 Å². The van der Waals surface area contributed by atoms with E-state index in [0.717, 1.165) is 0 Å². The predicted molar refractivity (Wildman–Crippen MR) is 95.0 cm³/mol. The van der Waals surface area contributed by atoms with Crippen LogP contribution in [0, 0.1) is 0 Å². The number of hydrogen-bond donors (Lipinski definition) is 2. The third-order valence-electron chi connectivity index (χ3n) is 4.06. The van der Waals surface area contributed by atoms with Crippen LogP contribution in [-0.2, 0) is 0 Å². The standard InChI is InChI=1S/C18H15ClF3N3O2/c1-27-12-5-6-13-14(8-12)15(23-18(20,21)22)9-16(13)24-25-17(26)10-3-2-4-11(19)7-10/h2-8,15,23H,9H2,1H3,(H,25,26)/b24-16+/t15-/m1/s1. The van der Waals surface area contributed by atoms with Crippen molar-refractivity contribution >= 4 is 23.2 Å². The molecule has 2 aromatic carbocycles. The molecule has 2 aromatic rings. The molecule has 2 N–H and O–H groups in total. The number of ether oxygens (including phenoxy) is 1. The number of fused-ring (bicyclic) bond motifs is 1. The molecule has 0 fully saturated rings. The molecule has 0 heterocycles. The molecule has 0 aliphatic heterocycles. The third kappa shape index (κ3) is 4.58.